The van der Waals surface area contributed by atoms with E-state index in [1.54, 1.807) is 13.3 Å². The van der Waals surface area contributed by atoms with Crippen molar-refractivity contribution in [3.63, 3.8) is 0 Å². The van der Waals surface area contributed by atoms with Gasteiger partial charge in [0.15, 0.2) is 0 Å². The summed E-state index contributed by atoms with van der Waals surface area (Å²) in [4.78, 5) is 14.2. The highest BCUT2D eigenvalue weighted by molar-refractivity contribution is 5.83. The van der Waals surface area contributed by atoms with Crippen LogP contribution in [0.2, 0.25) is 0 Å². The third-order valence-corrected chi connectivity index (χ3v) is 1.44. The normalized spacial score (nSPS) is 10.1. The van der Waals surface area contributed by atoms with Crippen molar-refractivity contribution in [3.8, 4) is 0 Å². The molecule has 0 spiro atoms. The molecule has 12 heavy (non-hydrogen) atoms. The number of imidazole rings is 1. The van der Waals surface area contributed by atoms with Crippen LogP contribution in [0.15, 0.2) is 12.4 Å². The van der Waals surface area contributed by atoms with Gasteiger partial charge in [0.05, 0.1) is 6.61 Å². The maximum atomic E-state index is 10.5. The van der Waals surface area contributed by atoms with Crippen molar-refractivity contribution in [2.75, 3.05) is 13.7 Å². The minimum absolute atomic E-state index is 0.0482. The standard InChI is InChI=1S/C7H10N2O3/c1-12-5-4-9-3-2-8-6(9)7(10)11/h2-3H,4-5H2,1H3,(H,10,11). The van der Waals surface area contributed by atoms with E-state index in [2.05, 4.69) is 4.98 Å². The van der Waals surface area contributed by atoms with Crippen molar-refractivity contribution in [2.24, 2.45) is 0 Å². The van der Waals surface area contributed by atoms with Crippen LogP contribution < -0.4 is 0 Å². The first-order chi connectivity index (χ1) is 5.75. The molecule has 1 aromatic heterocycles. The summed E-state index contributed by atoms with van der Waals surface area (Å²) in [6.07, 6.45) is 3.07. The number of nitrogens with zero attached hydrogens (tertiary/aromatic N) is 2. The molecule has 0 aliphatic rings. The van der Waals surface area contributed by atoms with Gasteiger partial charge in [-0.15, -0.1) is 0 Å². The van der Waals surface area contributed by atoms with Gasteiger partial charge in [-0.3, -0.25) is 0 Å². The second-order valence-corrected chi connectivity index (χ2v) is 2.24. The highest BCUT2D eigenvalue weighted by atomic mass is 16.5. The van der Waals surface area contributed by atoms with E-state index in [0.29, 0.717) is 13.2 Å². The van der Waals surface area contributed by atoms with Gasteiger partial charge in [-0.25, -0.2) is 9.78 Å². The van der Waals surface area contributed by atoms with Gasteiger partial charge in [-0.05, 0) is 0 Å². The third kappa shape index (κ3) is 1.82. The number of ether oxygens (including phenoxy) is 1. The van der Waals surface area contributed by atoms with E-state index < -0.39 is 5.97 Å². The summed E-state index contributed by atoms with van der Waals surface area (Å²) in [5, 5.41) is 8.63. The Kier molecular flexibility index (Phi) is 2.82. The lowest BCUT2D eigenvalue weighted by molar-refractivity contribution is 0.0675. The summed E-state index contributed by atoms with van der Waals surface area (Å²) >= 11 is 0. The lowest BCUT2D eigenvalue weighted by Gasteiger charge is -2.02. The molecule has 1 N–H and O–H groups in total. The number of aromatic carboxylic acids is 1. The lowest BCUT2D eigenvalue weighted by atomic mass is 10.5. The Morgan fingerprint density at radius 1 is 1.83 bits per heavy atom. The van der Waals surface area contributed by atoms with Crippen molar-refractivity contribution in [2.45, 2.75) is 6.54 Å². The number of carboxylic acid groups (broad SMARTS) is 1. The molecular weight excluding hydrogens is 160 g/mol. The molecule has 0 saturated heterocycles. The first-order valence-corrected chi connectivity index (χ1v) is 3.49. The van der Waals surface area contributed by atoms with E-state index in [1.807, 2.05) is 0 Å². The fourth-order valence-corrected chi connectivity index (χ4v) is 0.877. The molecule has 0 unspecified atom stereocenters. The molecular formula is C7H10N2O3. The van der Waals surface area contributed by atoms with E-state index in [-0.39, 0.29) is 5.82 Å². The molecule has 1 aromatic rings. The Bertz CT molecular complexity index is 269. The van der Waals surface area contributed by atoms with Gasteiger partial charge in [-0.1, -0.05) is 0 Å². The molecule has 0 atom stereocenters. The fourth-order valence-electron chi connectivity index (χ4n) is 0.877. The van der Waals surface area contributed by atoms with Gasteiger partial charge in [0, 0.05) is 26.0 Å². The maximum absolute atomic E-state index is 10.5. The Hall–Kier alpha value is -1.36. The highest BCUT2D eigenvalue weighted by Crippen LogP contribution is 1.96. The van der Waals surface area contributed by atoms with Crippen LogP contribution in [0.1, 0.15) is 10.6 Å². The summed E-state index contributed by atoms with van der Waals surface area (Å²) in [5.74, 6) is -0.969. The van der Waals surface area contributed by atoms with Crippen LogP contribution in [0, 0.1) is 0 Å². The van der Waals surface area contributed by atoms with E-state index in [0.717, 1.165) is 0 Å². The quantitative estimate of drug-likeness (QED) is 0.702. The van der Waals surface area contributed by atoms with Crippen LogP contribution in [-0.4, -0.2) is 34.3 Å². The van der Waals surface area contributed by atoms with Gasteiger partial charge in [0.1, 0.15) is 0 Å². The molecule has 0 bridgehead atoms. The second kappa shape index (κ2) is 3.87. The maximum Gasteiger partial charge on any atom is 0.372 e. The summed E-state index contributed by atoms with van der Waals surface area (Å²) < 4.78 is 6.34. The van der Waals surface area contributed by atoms with Gasteiger partial charge in [-0.2, -0.15) is 0 Å². The SMILES string of the molecule is COCCn1ccnc1C(=O)O. The van der Waals surface area contributed by atoms with Crippen LogP contribution in [-0.2, 0) is 11.3 Å². The largest absolute Gasteiger partial charge is 0.475 e. The second-order valence-electron chi connectivity index (χ2n) is 2.24. The first-order valence-electron chi connectivity index (χ1n) is 3.49. The summed E-state index contributed by atoms with van der Waals surface area (Å²) in [7, 11) is 1.57. The molecule has 0 aliphatic heterocycles. The number of aromatic nitrogens is 2. The topological polar surface area (TPSA) is 64.4 Å². The van der Waals surface area contributed by atoms with Crippen molar-refractivity contribution >= 4 is 5.97 Å². The molecule has 0 aliphatic carbocycles. The minimum atomic E-state index is -1.02. The molecule has 1 rings (SSSR count). The van der Waals surface area contributed by atoms with Crippen LogP contribution in [0.4, 0.5) is 0 Å². The summed E-state index contributed by atoms with van der Waals surface area (Å²) in [6, 6.07) is 0. The predicted octanol–water partition coefficient (Wildman–Crippen LogP) is 0.228. The Balaban J connectivity index is 2.70. The minimum Gasteiger partial charge on any atom is -0.475 e. The van der Waals surface area contributed by atoms with E-state index in [4.69, 9.17) is 9.84 Å². The van der Waals surface area contributed by atoms with Crippen molar-refractivity contribution < 1.29 is 14.6 Å². The Labute approximate surface area is 69.6 Å². The monoisotopic (exact) mass is 170 g/mol. The van der Waals surface area contributed by atoms with Gasteiger partial charge >= 0.3 is 5.97 Å². The van der Waals surface area contributed by atoms with Gasteiger partial charge < -0.3 is 14.4 Å². The predicted molar refractivity (Wildman–Crippen MR) is 41.1 cm³/mol. The average molecular weight is 170 g/mol. The third-order valence-electron chi connectivity index (χ3n) is 1.44. The molecule has 0 amide bonds. The van der Waals surface area contributed by atoms with Crippen LogP contribution in [0.3, 0.4) is 0 Å². The Morgan fingerprint density at radius 2 is 2.58 bits per heavy atom. The fraction of sp³-hybridized carbons (Fsp3) is 0.429. The van der Waals surface area contributed by atoms with Crippen molar-refractivity contribution in [3.05, 3.63) is 18.2 Å². The smallest absolute Gasteiger partial charge is 0.372 e. The van der Waals surface area contributed by atoms with Crippen molar-refractivity contribution in [1.29, 1.82) is 0 Å². The number of hydrogen-bond donors (Lipinski definition) is 1. The van der Waals surface area contributed by atoms with E-state index in [9.17, 15) is 4.79 Å². The van der Waals surface area contributed by atoms with Gasteiger partial charge in [0.2, 0.25) is 5.82 Å². The molecule has 66 valence electrons. The number of carbonyl (C=O) groups is 1. The zero-order chi connectivity index (χ0) is 8.97. The van der Waals surface area contributed by atoms with Crippen LogP contribution in [0.5, 0.6) is 0 Å². The average Bonchev–Trinajstić information content (AvgIpc) is 2.48. The molecule has 0 aromatic carbocycles. The van der Waals surface area contributed by atoms with E-state index >= 15 is 0 Å². The highest BCUT2D eigenvalue weighted by Gasteiger charge is 2.09. The molecule has 0 radical (unpaired) electrons. The molecule has 5 heteroatoms. The number of rotatable bonds is 4. The molecule has 1 heterocycles. The number of hydrogen-bond acceptors (Lipinski definition) is 3. The Morgan fingerprint density at radius 3 is 3.17 bits per heavy atom. The molecule has 0 saturated carbocycles. The molecule has 5 nitrogen and oxygen atoms in total. The van der Waals surface area contributed by atoms with Crippen molar-refractivity contribution in [1.82, 2.24) is 9.55 Å². The summed E-state index contributed by atoms with van der Waals surface area (Å²) in [5.41, 5.74) is 0. The first kappa shape index (κ1) is 8.73. The zero-order valence-corrected chi connectivity index (χ0v) is 6.73. The number of carboxylic acids is 1. The van der Waals surface area contributed by atoms with Gasteiger partial charge in [0.25, 0.3) is 0 Å². The molecule has 0 fully saturated rings. The van der Waals surface area contributed by atoms with Crippen LogP contribution in [0.25, 0.3) is 0 Å². The summed E-state index contributed by atoms with van der Waals surface area (Å²) in [6.45, 7) is 0.995. The zero-order valence-electron chi connectivity index (χ0n) is 6.73. The van der Waals surface area contributed by atoms with Crippen LogP contribution >= 0.6 is 0 Å². The lowest BCUT2D eigenvalue weighted by Crippen LogP contribution is -2.11. The number of methoxy groups -OCH3 is 1. The van der Waals surface area contributed by atoms with E-state index in [1.165, 1.54) is 10.8 Å².